The molecule has 0 saturated carbocycles. The monoisotopic (exact) mass is 136 g/mol. The molecule has 0 saturated heterocycles. The minimum Gasteiger partial charge on any atom is -0.103 e. The van der Waals surface area contributed by atoms with Crippen LogP contribution in [0.5, 0.6) is 0 Å². The van der Waals surface area contributed by atoms with Gasteiger partial charge in [-0.25, -0.2) is 0 Å². The fourth-order valence-electron chi connectivity index (χ4n) is 0.525. The van der Waals surface area contributed by atoms with Crippen molar-refractivity contribution in [3.8, 4) is 0 Å². The van der Waals surface area contributed by atoms with Gasteiger partial charge in [0.05, 0.1) is 0 Å². The summed E-state index contributed by atoms with van der Waals surface area (Å²) in [5.41, 5.74) is 1.42. The summed E-state index contributed by atoms with van der Waals surface area (Å²) in [6, 6.07) is 0. The zero-order valence-electron chi connectivity index (χ0n) is 6.93. The van der Waals surface area contributed by atoms with Crippen molar-refractivity contribution in [3.63, 3.8) is 0 Å². The van der Waals surface area contributed by atoms with Crippen LogP contribution in [0.15, 0.2) is 36.5 Å². The number of allylic oxidation sites excluding steroid dienone is 5. The highest BCUT2D eigenvalue weighted by molar-refractivity contribution is 5.10. The van der Waals surface area contributed by atoms with E-state index in [0.29, 0.717) is 0 Å². The average Bonchev–Trinajstić information content (AvgIpc) is 1.98. The molecule has 0 bridgehead atoms. The van der Waals surface area contributed by atoms with Gasteiger partial charge in [-0.1, -0.05) is 36.8 Å². The quantitative estimate of drug-likeness (QED) is 0.410. The van der Waals surface area contributed by atoms with Gasteiger partial charge < -0.3 is 0 Å². The van der Waals surface area contributed by atoms with Gasteiger partial charge in [-0.15, -0.1) is 6.58 Å². The van der Waals surface area contributed by atoms with Crippen molar-refractivity contribution in [2.45, 2.75) is 26.7 Å². The van der Waals surface area contributed by atoms with Crippen molar-refractivity contribution < 1.29 is 0 Å². The Morgan fingerprint density at radius 2 is 2.20 bits per heavy atom. The Morgan fingerprint density at radius 1 is 1.50 bits per heavy atom. The molecule has 0 rings (SSSR count). The molecule has 0 aromatic heterocycles. The topological polar surface area (TPSA) is 0 Å². The highest BCUT2D eigenvalue weighted by Gasteiger charge is 1.76. The lowest BCUT2D eigenvalue weighted by Gasteiger charge is -1.88. The molecule has 0 spiro atoms. The lowest BCUT2D eigenvalue weighted by molar-refractivity contribution is 1.10. The van der Waals surface area contributed by atoms with Crippen LogP contribution in [-0.4, -0.2) is 0 Å². The first-order chi connectivity index (χ1) is 4.81. The Bertz CT molecular complexity index is 138. The van der Waals surface area contributed by atoms with Crippen LogP contribution in [0.1, 0.15) is 26.7 Å². The lowest BCUT2D eigenvalue weighted by atomic mass is 10.2. The first-order valence-electron chi connectivity index (χ1n) is 3.74. The van der Waals surface area contributed by atoms with Gasteiger partial charge in [0.25, 0.3) is 0 Å². The summed E-state index contributed by atoms with van der Waals surface area (Å²) in [5, 5.41) is 0. The normalized spacial score (nSPS) is 12.4. The lowest BCUT2D eigenvalue weighted by Crippen LogP contribution is -1.67. The van der Waals surface area contributed by atoms with Crippen molar-refractivity contribution >= 4 is 0 Å². The van der Waals surface area contributed by atoms with Crippen molar-refractivity contribution in [3.05, 3.63) is 36.5 Å². The van der Waals surface area contributed by atoms with E-state index >= 15 is 0 Å². The predicted molar refractivity (Wildman–Crippen MR) is 48.0 cm³/mol. The molecule has 0 aliphatic rings. The fraction of sp³-hybridized carbons (Fsp3) is 0.400. The van der Waals surface area contributed by atoms with E-state index in [0.717, 1.165) is 12.8 Å². The van der Waals surface area contributed by atoms with Crippen LogP contribution < -0.4 is 0 Å². The molecular formula is C10H16. The maximum Gasteiger partial charge on any atom is -0.0169 e. The molecule has 0 fully saturated rings. The standard InChI is InChI=1S/C10H16/c1-4-6-7-8-9-10(3)5-2/h4,7-9H,1,5-6H2,2-3H3/b8-7-,10-9+. The van der Waals surface area contributed by atoms with Crippen LogP contribution in [0.2, 0.25) is 0 Å². The summed E-state index contributed by atoms with van der Waals surface area (Å²) in [4.78, 5) is 0. The van der Waals surface area contributed by atoms with Gasteiger partial charge in [-0.2, -0.15) is 0 Å². The van der Waals surface area contributed by atoms with E-state index in [1.54, 1.807) is 0 Å². The van der Waals surface area contributed by atoms with Gasteiger partial charge in [0.1, 0.15) is 0 Å². The Labute approximate surface area is 64.0 Å². The molecule has 0 aliphatic carbocycles. The summed E-state index contributed by atoms with van der Waals surface area (Å²) >= 11 is 0. The molecule has 0 aromatic carbocycles. The van der Waals surface area contributed by atoms with Gasteiger partial charge in [0, 0.05) is 0 Å². The summed E-state index contributed by atoms with van der Waals surface area (Å²) in [6.45, 7) is 7.92. The molecule has 0 unspecified atom stereocenters. The molecule has 10 heavy (non-hydrogen) atoms. The van der Waals surface area contributed by atoms with Crippen LogP contribution in [0.4, 0.5) is 0 Å². The Hall–Kier alpha value is -0.780. The average molecular weight is 136 g/mol. The second-order valence-electron chi connectivity index (χ2n) is 2.32. The third-order valence-electron chi connectivity index (χ3n) is 1.38. The number of hydrogen-bond donors (Lipinski definition) is 0. The van der Waals surface area contributed by atoms with Crippen molar-refractivity contribution in [1.82, 2.24) is 0 Å². The zero-order chi connectivity index (χ0) is 7.82. The molecule has 0 aromatic rings. The van der Waals surface area contributed by atoms with Gasteiger partial charge in [-0.05, 0) is 19.8 Å². The summed E-state index contributed by atoms with van der Waals surface area (Å²) in [7, 11) is 0. The zero-order valence-corrected chi connectivity index (χ0v) is 6.93. The second kappa shape index (κ2) is 6.34. The highest BCUT2D eigenvalue weighted by Crippen LogP contribution is 1.97. The molecular weight excluding hydrogens is 120 g/mol. The van der Waals surface area contributed by atoms with Crippen LogP contribution in [0, 0.1) is 0 Å². The van der Waals surface area contributed by atoms with E-state index in [1.165, 1.54) is 5.57 Å². The molecule has 0 amide bonds. The van der Waals surface area contributed by atoms with E-state index in [4.69, 9.17) is 0 Å². The Morgan fingerprint density at radius 3 is 2.70 bits per heavy atom. The highest BCUT2D eigenvalue weighted by atomic mass is 13.8. The minimum atomic E-state index is 0.966. The van der Waals surface area contributed by atoms with Crippen molar-refractivity contribution in [1.29, 1.82) is 0 Å². The van der Waals surface area contributed by atoms with E-state index in [2.05, 4.69) is 38.7 Å². The molecule has 0 N–H and O–H groups in total. The summed E-state index contributed by atoms with van der Waals surface area (Å²) in [5.74, 6) is 0. The van der Waals surface area contributed by atoms with E-state index in [9.17, 15) is 0 Å². The Kier molecular flexibility index (Phi) is 5.85. The van der Waals surface area contributed by atoms with Gasteiger partial charge in [0.15, 0.2) is 0 Å². The molecule has 0 nitrogen and oxygen atoms in total. The van der Waals surface area contributed by atoms with Crippen LogP contribution >= 0.6 is 0 Å². The summed E-state index contributed by atoms with van der Waals surface area (Å²) in [6.07, 6.45) is 10.3. The van der Waals surface area contributed by atoms with Crippen LogP contribution in [0.3, 0.4) is 0 Å². The van der Waals surface area contributed by atoms with Crippen LogP contribution in [-0.2, 0) is 0 Å². The molecule has 0 radical (unpaired) electrons. The largest absolute Gasteiger partial charge is 0.103 e. The fourth-order valence-corrected chi connectivity index (χ4v) is 0.525. The van der Waals surface area contributed by atoms with E-state index in [-0.39, 0.29) is 0 Å². The Balaban J connectivity index is 3.58. The van der Waals surface area contributed by atoms with Gasteiger partial charge >= 0.3 is 0 Å². The molecule has 0 atom stereocenters. The molecule has 0 aliphatic heterocycles. The minimum absolute atomic E-state index is 0.966. The third-order valence-corrected chi connectivity index (χ3v) is 1.38. The van der Waals surface area contributed by atoms with Gasteiger partial charge in [-0.3, -0.25) is 0 Å². The first-order valence-corrected chi connectivity index (χ1v) is 3.74. The third kappa shape index (κ3) is 5.36. The number of hydrogen-bond acceptors (Lipinski definition) is 0. The summed E-state index contributed by atoms with van der Waals surface area (Å²) < 4.78 is 0. The predicted octanol–water partition coefficient (Wildman–Crippen LogP) is 3.48. The van der Waals surface area contributed by atoms with Crippen LogP contribution in [0.25, 0.3) is 0 Å². The van der Waals surface area contributed by atoms with Gasteiger partial charge in [0.2, 0.25) is 0 Å². The molecule has 0 heterocycles. The molecule has 0 heteroatoms. The second-order valence-corrected chi connectivity index (χ2v) is 2.32. The smallest absolute Gasteiger partial charge is 0.0169 e. The van der Waals surface area contributed by atoms with Crippen molar-refractivity contribution in [2.75, 3.05) is 0 Å². The molecule has 56 valence electrons. The van der Waals surface area contributed by atoms with Crippen molar-refractivity contribution in [2.24, 2.45) is 0 Å². The number of rotatable bonds is 4. The SMILES string of the molecule is C=CC/C=C\C=C(/C)CC. The maximum atomic E-state index is 3.63. The van der Waals surface area contributed by atoms with E-state index in [1.807, 2.05) is 6.08 Å². The maximum absolute atomic E-state index is 3.63. The van der Waals surface area contributed by atoms with E-state index < -0.39 is 0 Å². The first kappa shape index (κ1) is 9.22.